The van der Waals surface area contributed by atoms with E-state index in [2.05, 4.69) is 9.51 Å². The highest BCUT2D eigenvalue weighted by molar-refractivity contribution is 7.46. The lowest BCUT2D eigenvalue weighted by molar-refractivity contribution is 0.258. The molecule has 0 aromatic carbocycles. The van der Waals surface area contributed by atoms with Crippen LogP contribution in [0.5, 0.6) is 11.5 Å². The van der Waals surface area contributed by atoms with E-state index < -0.39 is 14.4 Å². The molecule has 1 aromatic rings. The number of phosphoric acid groups is 1. The zero-order chi connectivity index (χ0) is 11.6. The Morgan fingerprint density at radius 3 is 2.60 bits per heavy atom. The average Bonchev–Trinajstić information content (AvgIpc) is 2.10. The molecule has 0 bridgehead atoms. The summed E-state index contributed by atoms with van der Waals surface area (Å²) >= 11 is 0. The third-order valence-electron chi connectivity index (χ3n) is 1.68. The minimum Gasteiger partial charge on any atom is -0.506 e. The van der Waals surface area contributed by atoms with Crippen LogP contribution in [0.3, 0.4) is 0 Å². The molecule has 8 heteroatoms. The lowest BCUT2D eigenvalue weighted by Crippen LogP contribution is -1.98. The number of hydrogen-bond donors (Lipinski definition) is 4. The number of aromatic hydroxyl groups is 1. The van der Waals surface area contributed by atoms with Gasteiger partial charge in [0.1, 0.15) is 5.75 Å². The molecule has 0 saturated heterocycles. The number of hydrogen-bond acceptors (Lipinski definition) is 5. The van der Waals surface area contributed by atoms with Crippen molar-refractivity contribution in [3.05, 3.63) is 17.5 Å². The third-order valence-corrected chi connectivity index (χ3v) is 2.11. The highest BCUT2D eigenvalue weighted by atomic mass is 31.2. The van der Waals surface area contributed by atoms with Crippen LogP contribution >= 0.6 is 7.82 Å². The maximum absolute atomic E-state index is 10.5. The lowest BCUT2D eigenvalue weighted by Gasteiger charge is -2.12. The summed E-state index contributed by atoms with van der Waals surface area (Å²) in [5.41, 5.74) is 0.128. The smallest absolute Gasteiger partial charge is 0.506 e. The molecule has 0 aliphatic carbocycles. The molecule has 0 aliphatic rings. The van der Waals surface area contributed by atoms with Crippen LogP contribution in [0.4, 0.5) is 0 Å². The van der Waals surface area contributed by atoms with E-state index in [1.165, 1.54) is 6.92 Å². The van der Waals surface area contributed by atoms with E-state index >= 15 is 0 Å². The van der Waals surface area contributed by atoms with Crippen molar-refractivity contribution in [2.75, 3.05) is 0 Å². The fourth-order valence-corrected chi connectivity index (χ4v) is 1.40. The summed E-state index contributed by atoms with van der Waals surface area (Å²) in [7, 11) is -4.72. The Labute approximate surface area is 85.2 Å². The van der Waals surface area contributed by atoms with Crippen molar-refractivity contribution in [2.45, 2.75) is 13.5 Å². The summed E-state index contributed by atoms with van der Waals surface area (Å²) in [5.74, 6) is -0.683. The van der Waals surface area contributed by atoms with Crippen LogP contribution in [0.25, 0.3) is 0 Å². The van der Waals surface area contributed by atoms with Gasteiger partial charge in [0, 0.05) is 0 Å². The van der Waals surface area contributed by atoms with E-state index in [1.54, 1.807) is 0 Å². The fraction of sp³-hybridized carbons (Fsp3) is 0.286. The van der Waals surface area contributed by atoms with Gasteiger partial charge < -0.3 is 14.7 Å². The van der Waals surface area contributed by atoms with Gasteiger partial charge in [0.2, 0.25) is 0 Å². The topological polar surface area (TPSA) is 120 Å². The van der Waals surface area contributed by atoms with Gasteiger partial charge in [-0.2, -0.15) is 0 Å². The molecule has 15 heavy (non-hydrogen) atoms. The minimum atomic E-state index is -4.72. The second kappa shape index (κ2) is 4.16. The largest absolute Gasteiger partial charge is 0.524 e. The first-order chi connectivity index (χ1) is 6.85. The van der Waals surface area contributed by atoms with Crippen molar-refractivity contribution in [3.8, 4) is 11.5 Å². The zero-order valence-corrected chi connectivity index (χ0v) is 8.68. The zero-order valence-electron chi connectivity index (χ0n) is 7.78. The molecule has 0 spiro atoms. The van der Waals surface area contributed by atoms with Gasteiger partial charge in [-0.15, -0.1) is 0 Å². The minimum absolute atomic E-state index is 0.106. The Kier molecular flexibility index (Phi) is 3.31. The quantitative estimate of drug-likeness (QED) is 0.546. The standard InChI is InChI=1S/C7H10NO6P/c1-4-7(10)5(3-9)6(2-8-4)14-15(11,12)13/h2,9-10H,3H2,1H3,(H2,11,12,13). The number of rotatable bonds is 3. The SMILES string of the molecule is Cc1ncc(OP(=O)(O)O)c(CO)c1O. The Bertz CT molecular complexity index is 414. The Hall–Kier alpha value is -1.14. The van der Waals surface area contributed by atoms with Gasteiger partial charge in [-0.05, 0) is 6.92 Å². The Morgan fingerprint density at radius 1 is 1.53 bits per heavy atom. The van der Waals surface area contributed by atoms with Gasteiger partial charge in [0.05, 0.1) is 24.1 Å². The summed E-state index contributed by atoms with van der Waals surface area (Å²) in [6.45, 7) is 0.875. The maximum Gasteiger partial charge on any atom is 0.524 e. The molecular weight excluding hydrogens is 225 g/mol. The van der Waals surface area contributed by atoms with Gasteiger partial charge in [0.15, 0.2) is 5.75 Å². The molecule has 0 atom stereocenters. The van der Waals surface area contributed by atoms with Crippen LogP contribution in [0, 0.1) is 6.92 Å². The number of aryl methyl sites for hydroxylation is 1. The van der Waals surface area contributed by atoms with Crippen LogP contribution in [0.1, 0.15) is 11.3 Å². The molecule has 1 heterocycles. The predicted molar refractivity (Wildman–Crippen MR) is 49.2 cm³/mol. The molecule has 0 unspecified atom stereocenters. The molecule has 84 valence electrons. The lowest BCUT2D eigenvalue weighted by atomic mass is 10.2. The van der Waals surface area contributed by atoms with Gasteiger partial charge >= 0.3 is 7.82 Å². The molecule has 7 nitrogen and oxygen atoms in total. The highest BCUT2D eigenvalue weighted by Gasteiger charge is 2.21. The van der Waals surface area contributed by atoms with Crippen LogP contribution in [0.15, 0.2) is 6.20 Å². The molecular formula is C7H10NO6P. The molecule has 0 aliphatic heterocycles. The summed E-state index contributed by atoms with van der Waals surface area (Å²) in [4.78, 5) is 20.7. The number of nitrogens with zero attached hydrogens (tertiary/aromatic N) is 1. The van der Waals surface area contributed by atoms with Crippen LogP contribution < -0.4 is 4.52 Å². The van der Waals surface area contributed by atoms with Crippen LogP contribution in [-0.4, -0.2) is 25.0 Å². The number of pyridine rings is 1. The monoisotopic (exact) mass is 235 g/mol. The predicted octanol–water partition coefficient (Wildman–Crippen LogP) is 0.0594. The molecule has 1 aromatic heterocycles. The van der Waals surface area contributed by atoms with Crippen LogP contribution in [-0.2, 0) is 11.2 Å². The van der Waals surface area contributed by atoms with Gasteiger partial charge in [-0.1, -0.05) is 0 Å². The second-order valence-electron chi connectivity index (χ2n) is 2.77. The molecule has 0 fully saturated rings. The number of aliphatic hydroxyl groups excluding tert-OH is 1. The third kappa shape index (κ3) is 2.90. The fourth-order valence-electron chi connectivity index (χ4n) is 0.989. The van der Waals surface area contributed by atoms with Crippen molar-refractivity contribution in [2.24, 2.45) is 0 Å². The molecule has 0 radical (unpaired) electrons. The first-order valence-electron chi connectivity index (χ1n) is 3.88. The normalized spacial score (nSPS) is 11.5. The number of phosphoric ester groups is 1. The van der Waals surface area contributed by atoms with E-state index in [4.69, 9.17) is 14.9 Å². The highest BCUT2D eigenvalue weighted by Crippen LogP contribution is 2.41. The Balaban J connectivity index is 3.19. The van der Waals surface area contributed by atoms with Crippen LogP contribution in [0.2, 0.25) is 0 Å². The molecule has 0 amide bonds. The molecule has 1 rings (SSSR count). The van der Waals surface area contributed by atoms with E-state index in [-0.39, 0.29) is 22.8 Å². The summed E-state index contributed by atoms with van der Waals surface area (Å²) in [5, 5.41) is 18.3. The van der Waals surface area contributed by atoms with Gasteiger partial charge in [-0.3, -0.25) is 14.8 Å². The number of aliphatic hydroxyl groups is 1. The summed E-state index contributed by atoms with van der Waals surface area (Å²) < 4.78 is 14.8. The first kappa shape index (κ1) is 11.9. The maximum atomic E-state index is 10.5. The second-order valence-corrected chi connectivity index (χ2v) is 3.94. The van der Waals surface area contributed by atoms with E-state index in [0.717, 1.165) is 6.20 Å². The van der Waals surface area contributed by atoms with E-state index in [1.807, 2.05) is 0 Å². The molecule has 0 saturated carbocycles. The van der Waals surface area contributed by atoms with Crippen molar-refractivity contribution >= 4 is 7.82 Å². The number of aromatic nitrogens is 1. The van der Waals surface area contributed by atoms with Crippen molar-refractivity contribution in [1.29, 1.82) is 0 Å². The van der Waals surface area contributed by atoms with Crippen molar-refractivity contribution in [1.82, 2.24) is 4.98 Å². The molecule has 4 N–H and O–H groups in total. The van der Waals surface area contributed by atoms with Crippen molar-refractivity contribution in [3.63, 3.8) is 0 Å². The first-order valence-corrected chi connectivity index (χ1v) is 5.41. The Morgan fingerprint density at radius 2 is 2.13 bits per heavy atom. The van der Waals surface area contributed by atoms with Gasteiger partial charge in [0.25, 0.3) is 0 Å². The summed E-state index contributed by atoms with van der Waals surface area (Å²) in [6.07, 6.45) is 1.03. The van der Waals surface area contributed by atoms with E-state index in [9.17, 15) is 9.67 Å². The summed E-state index contributed by atoms with van der Waals surface area (Å²) in [6, 6.07) is 0. The van der Waals surface area contributed by atoms with E-state index in [0.29, 0.717) is 0 Å². The average molecular weight is 235 g/mol. The van der Waals surface area contributed by atoms with Crippen molar-refractivity contribution < 1.29 is 29.1 Å². The van der Waals surface area contributed by atoms with Gasteiger partial charge in [-0.25, -0.2) is 4.57 Å².